The van der Waals surface area contributed by atoms with E-state index in [0.717, 1.165) is 0 Å². The molecule has 1 aromatic rings. The number of hydrogen-bond donors (Lipinski definition) is 2. The summed E-state index contributed by atoms with van der Waals surface area (Å²) >= 11 is 0. The van der Waals surface area contributed by atoms with Crippen LogP contribution in [-0.4, -0.2) is 49.5 Å². The molecule has 7 nitrogen and oxygen atoms in total. The van der Waals surface area contributed by atoms with Crippen LogP contribution in [0.15, 0.2) is 35.4 Å². The molecule has 0 bridgehead atoms. The predicted molar refractivity (Wildman–Crippen MR) is 83.8 cm³/mol. The van der Waals surface area contributed by atoms with E-state index in [1.165, 1.54) is 5.01 Å². The lowest BCUT2D eigenvalue weighted by atomic mass is 10.1. The number of rotatable bonds is 7. The predicted octanol–water partition coefficient (Wildman–Crippen LogP) is 0.802. The van der Waals surface area contributed by atoms with Crippen LogP contribution in [0.1, 0.15) is 6.42 Å². The molecule has 1 heterocycles. The SMILES string of the molecule is NC(=O)C1CC(C(=O)NCCOCC(F)(F)F)=NN1c1ccccc1. The molecule has 1 atom stereocenters. The van der Waals surface area contributed by atoms with Crippen molar-refractivity contribution < 1.29 is 27.5 Å². The third-order valence-corrected chi connectivity index (χ3v) is 3.32. The zero-order valence-electron chi connectivity index (χ0n) is 13.1. The van der Waals surface area contributed by atoms with Crippen molar-refractivity contribution in [3.63, 3.8) is 0 Å². The summed E-state index contributed by atoms with van der Waals surface area (Å²) in [7, 11) is 0. The van der Waals surface area contributed by atoms with Crippen molar-refractivity contribution in [3.8, 4) is 0 Å². The summed E-state index contributed by atoms with van der Waals surface area (Å²) in [6, 6.07) is 7.91. The largest absolute Gasteiger partial charge is 0.411 e. The van der Waals surface area contributed by atoms with Gasteiger partial charge in [-0.05, 0) is 12.1 Å². The molecule has 2 amide bonds. The number of nitrogens with one attached hydrogen (secondary N) is 1. The first-order valence-corrected chi connectivity index (χ1v) is 7.41. The van der Waals surface area contributed by atoms with Crippen LogP contribution in [0.5, 0.6) is 0 Å². The fraction of sp³-hybridized carbons (Fsp3) is 0.400. The van der Waals surface area contributed by atoms with E-state index in [4.69, 9.17) is 5.73 Å². The maximum atomic E-state index is 12.1. The van der Waals surface area contributed by atoms with Crippen molar-refractivity contribution in [1.82, 2.24) is 5.32 Å². The van der Waals surface area contributed by atoms with Crippen molar-refractivity contribution >= 4 is 23.2 Å². The minimum absolute atomic E-state index is 0.0134. The lowest BCUT2D eigenvalue weighted by Gasteiger charge is -2.20. The Balaban J connectivity index is 1.92. The van der Waals surface area contributed by atoms with Gasteiger partial charge in [-0.15, -0.1) is 0 Å². The van der Waals surface area contributed by atoms with E-state index in [1.54, 1.807) is 30.3 Å². The molecule has 0 saturated carbocycles. The molecule has 1 aromatic carbocycles. The zero-order valence-corrected chi connectivity index (χ0v) is 13.1. The van der Waals surface area contributed by atoms with Gasteiger partial charge in [0.05, 0.1) is 12.3 Å². The maximum Gasteiger partial charge on any atom is 0.411 e. The van der Waals surface area contributed by atoms with Crippen LogP contribution in [-0.2, 0) is 14.3 Å². The second-order valence-electron chi connectivity index (χ2n) is 5.27. The summed E-state index contributed by atoms with van der Waals surface area (Å²) in [5, 5.41) is 7.88. The number of halogens is 3. The molecule has 0 fully saturated rings. The number of carbonyl (C=O) groups is 2. The lowest BCUT2D eigenvalue weighted by molar-refractivity contribution is -0.173. The van der Waals surface area contributed by atoms with Gasteiger partial charge >= 0.3 is 6.18 Å². The number of carbonyl (C=O) groups excluding carboxylic acids is 2. The van der Waals surface area contributed by atoms with Crippen molar-refractivity contribution in [3.05, 3.63) is 30.3 Å². The van der Waals surface area contributed by atoms with Gasteiger partial charge in [-0.3, -0.25) is 14.6 Å². The zero-order chi connectivity index (χ0) is 18.4. The Hall–Kier alpha value is -2.62. The summed E-state index contributed by atoms with van der Waals surface area (Å²) in [6.45, 7) is -1.78. The molecule has 0 radical (unpaired) electrons. The van der Waals surface area contributed by atoms with Crippen molar-refractivity contribution in [2.24, 2.45) is 10.8 Å². The standard InChI is InChI=1S/C15H17F3N4O3/c16-15(17,18)9-25-7-6-20-14(24)11-8-12(13(19)23)22(21-11)10-4-2-1-3-5-10/h1-5,12H,6-9H2,(H2,19,23)(H,20,24). The molecule has 3 N–H and O–H groups in total. The maximum absolute atomic E-state index is 12.1. The molecular formula is C15H17F3N4O3. The molecule has 1 aliphatic heterocycles. The molecule has 0 saturated heterocycles. The van der Waals surface area contributed by atoms with Gasteiger partial charge in [-0.25, -0.2) is 0 Å². The molecule has 2 rings (SSSR count). The van der Waals surface area contributed by atoms with Crippen molar-refractivity contribution in [2.75, 3.05) is 24.8 Å². The average Bonchev–Trinajstić information content (AvgIpc) is 3.00. The van der Waals surface area contributed by atoms with Crippen molar-refractivity contribution in [1.29, 1.82) is 0 Å². The third-order valence-electron chi connectivity index (χ3n) is 3.32. The van der Waals surface area contributed by atoms with Gasteiger partial charge in [0.1, 0.15) is 18.4 Å². The molecule has 136 valence electrons. The average molecular weight is 358 g/mol. The van der Waals surface area contributed by atoms with Gasteiger partial charge in [0.25, 0.3) is 5.91 Å². The highest BCUT2D eigenvalue weighted by Gasteiger charge is 2.34. The van der Waals surface area contributed by atoms with Gasteiger partial charge in [-0.1, -0.05) is 18.2 Å². The molecule has 0 spiro atoms. The van der Waals surface area contributed by atoms with Gasteiger partial charge < -0.3 is 15.8 Å². The van der Waals surface area contributed by atoms with Crippen LogP contribution in [0, 0.1) is 0 Å². The molecule has 25 heavy (non-hydrogen) atoms. The summed E-state index contributed by atoms with van der Waals surface area (Å²) in [4.78, 5) is 23.6. The van der Waals surface area contributed by atoms with Crippen molar-refractivity contribution in [2.45, 2.75) is 18.6 Å². The van der Waals surface area contributed by atoms with E-state index in [-0.39, 0.29) is 25.3 Å². The minimum atomic E-state index is -4.41. The van der Waals surface area contributed by atoms with Crippen LogP contribution in [0.25, 0.3) is 0 Å². The highest BCUT2D eigenvalue weighted by molar-refractivity contribution is 6.40. The number of amides is 2. The Morgan fingerprint density at radius 3 is 2.60 bits per heavy atom. The van der Waals surface area contributed by atoms with E-state index in [1.807, 2.05) is 0 Å². The van der Waals surface area contributed by atoms with Crippen LogP contribution < -0.4 is 16.1 Å². The quantitative estimate of drug-likeness (QED) is 0.705. The van der Waals surface area contributed by atoms with E-state index in [2.05, 4.69) is 15.2 Å². The summed E-state index contributed by atoms with van der Waals surface area (Å²) in [6.07, 6.45) is -4.40. The summed E-state index contributed by atoms with van der Waals surface area (Å²) in [5.74, 6) is -1.22. The molecule has 1 aliphatic rings. The first-order valence-electron chi connectivity index (χ1n) is 7.41. The van der Waals surface area contributed by atoms with Gasteiger partial charge in [0.2, 0.25) is 5.91 Å². The van der Waals surface area contributed by atoms with Gasteiger partial charge in [0, 0.05) is 13.0 Å². The molecule has 1 unspecified atom stereocenters. The first kappa shape index (κ1) is 18.7. The van der Waals surface area contributed by atoms with Crippen LogP contribution in [0.3, 0.4) is 0 Å². The second kappa shape index (κ2) is 7.97. The Morgan fingerprint density at radius 1 is 1.32 bits per heavy atom. The lowest BCUT2D eigenvalue weighted by Crippen LogP contribution is -2.40. The van der Waals surface area contributed by atoms with E-state index in [0.29, 0.717) is 5.69 Å². The number of nitrogens with zero attached hydrogens (tertiary/aromatic N) is 2. The topological polar surface area (TPSA) is 97.0 Å². The first-order chi connectivity index (χ1) is 11.8. The fourth-order valence-corrected chi connectivity index (χ4v) is 2.21. The second-order valence-corrected chi connectivity index (χ2v) is 5.27. The normalized spacial score (nSPS) is 17.3. The van der Waals surface area contributed by atoms with E-state index < -0.39 is 30.6 Å². The number of hydrazone groups is 1. The highest BCUT2D eigenvalue weighted by atomic mass is 19.4. The van der Waals surface area contributed by atoms with E-state index >= 15 is 0 Å². The van der Waals surface area contributed by atoms with Gasteiger partial charge in [0.15, 0.2) is 0 Å². The molecular weight excluding hydrogens is 341 g/mol. The molecule has 10 heteroatoms. The third kappa shape index (κ3) is 5.45. The Kier molecular flexibility index (Phi) is 5.97. The van der Waals surface area contributed by atoms with Crippen LogP contribution in [0.2, 0.25) is 0 Å². The van der Waals surface area contributed by atoms with Gasteiger partial charge in [-0.2, -0.15) is 18.3 Å². The van der Waals surface area contributed by atoms with Crippen LogP contribution >= 0.6 is 0 Å². The number of hydrogen-bond acceptors (Lipinski definition) is 5. The number of benzene rings is 1. The molecule has 0 aliphatic carbocycles. The number of alkyl halides is 3. The smallest absolute Gasteiger partial charge is 0.370 e. The number of nitrogens with two attached hydrogens (primary N) is 1. The number of para-hydroxylation sites is 1. The Bertz CT molecular complexity index is 649. The summed E-state index contributed by atoms with van der Waals surface area (Å²) < 4.78 is 40.2. The number of anilines is 1. The van der Waals surface area contributed by atoms with Crippen LogP contribution in [0.4, 0.5) is 18.9 Å². The summed E-state index contributed by atoms with van der Waals surface area (Å²) in [5.41, 5.74) is 6.03. The fourth-order valence-electron chi connectivity index (χ4n) is 2.21. The Morgan fingerprint density at radius 2 is 2.00 bits per heavy atom. The Labute approximate surface area is 141 Å². The van der Waals surface area contributed by atoms with E-state index in [9.17, 15) is 22.8 Å². The minimum Gasteiger partial charge on any atom is -0.370 e. The highest BCUT2D eigenvalue weighted by Crippen LogP contribution is 2.24. The number of primary amides is 1. The number of ether oxygens (including phenoxy) is 1. The molecule has 0 aromatic heterocycles. The monoisotopic (exact) mass is 358 g/mol.